The number of amides is 1. The topological polar surface area (TPSA) is 92.1 Å². The van der Waals surface area contributed by atoms with Gasteiger partial charge in [-0.1, -0.05) is 0 Å². The van der Waals surface area contributed by atoms with Crippen LogP contribution in [0.4, 0.5) is 10.9 Å². The van der Waals surface area contributed by atoms with Gasteiger partial charge in [-0.25, -0.2) is 15.0 Å². The van der Waals surface area contributed by atoms with Gasteiger partial charge >= 0.3 is 0 Å². The molecular formula is C15H18N8OS. The molecule has 0 saturated carbocycles. The van der Waals surface area contributed by atoms with Crippen molar-refractivity contribution in [3.05, 3.63) is 24.1 Å². The Morgan fingerprint density at radius 1 is 1.24 bits per heavy atom. The maximum Gasteiger partial charge on any atom is 0.240 e. The molecule has 9 nitrogen and oxygen atoms in total. The standard InChI is InChI=1S/C15H18N8OS/c1-21-13-11(8-19-21)14(18-10-17-13)23-5-3-22(4-6-23)9-12(24)20-15-16-2-7-25-15/h2,7-8,10H,3-6,9H2,1H3,(H,16,20,24). The molecule has 0 aliphatic carbocycles. The van der Waals surface area contributed by atoms with Crippen LogP contribution < -0.4 is 10.2 Å². The smallest absolute Gasteiger partial charge is 0.240 e. The number of thiazole rings is 1. The molecule has 1 N–H and O–H groups in total. The van der Waals surface area contributed by atoms with E-state index in [0.717, 1.165) is 43.0 Å². The van der Waals surface area contributed by atoms with E-state index >= 15 is 0 Å². The summed E-state index contributed by atoms with van der Waals surface area (Å²) in [7, 11) is 1.87. The fraction of sp³-hybridized carbons (Fsp3) is 0.400. The van der Waals surface area contributed by atoms with Gasteiger partial charge in [-0.3, -0.25) is 14.4 Å². The Morgan fingerprint density at radius 3 is 2.84 bits per heavy atom. The Hall–Kier alpha value is -2.59. The van der Waals surface area contributed by atoms with Gasteiger partial charge in [0.25, 0.3) is 0 Å². The second kappa shape index (κ2) is 6.73. The van der Waals surface area contributed by atoms with Crippen molar-refractivity contribution in [1.82, 2.24) is 29.6 Å². The predicted molar refractivity (Wildman–Crippen MR) is 95.7 cm³/mol. The maximum absolute atomic E-state index is 12.1. The number of carbonyl (C=O) groups excluding carboxylic acids is 1. The van der Waals surface area contributed by atoms with Crippen molar-refractivity contribution in [2.75, 3.05) is 42.9 Å². The SMILES string of the molecule is Cn1ncc2c(N3CCN(CC(=O)Nc4nccs4)CC3)ncnc21. The Bertz CT molecular complexity index is 869. The van der Waals surface area contributed by atoms with Gasteiger partial charge < -0.3 is 10.2 Å². The second-order valence-electron chi connectivity index (χ2n) is 5.85. The molecule has 0 bridgehead atoms. The third-order valence-corrected chi connectivity index (χ3v) is 4.91. The molecule has 4 rings (SSSR count). The van der Waals surface area contributed by atoms with Crippen LogP contribution in [0.3, 0.4) is 0 Å². The number of carbonyl (C=O) groups is 1. The predicted octanol–water partition coefficient (Wildman–Crippen LogP) is 0.580. The van der Waals surface area contributed by atoms with Crippen molar-refractivity contribution < 1.29 is 4.79 Å². The Balaban J connectivity index is 1.37. The van der Waals surface area contributed by atoms with Crippen molar-refractivity contribution in [1.29, 1.82) is 0 Å². The number of rotatable bonds is 4. The van der Waals surface area contributed by atoms with Crippen LogP contribution in [0.25, 0.3) is 11.0 Å². The van der Waals surface area contributed by atoms with E-state index in [-0.39, 0.29) is 5.91 Å². The van der Waals surface area contributed by atoms with E-state index < -0.39 is 0 Å². The number of hydrogen-bond acceptors (Lipinski definition) is 8. The monoisotopic (exact) mass is 358 g/mol. The quantitative estimate of drug-likeness (QED) is 0.729. The molecule has 1 amide bonds. The zero-order valence-corrected chi connectivity index (χ0v) is 14.6. The number of nitrogens with one attached hydrogen (secondary N) is 1. The second-order valence-corrected chi connectivity index (χ2v) is 6.75. The number of piperazine rings is 1. The van der Waals surface area contributed by atoms with Crippen molar-refractivity contribution in [3.8, 4) is 0 Å². The van der Waals surface area contributed by atoms with E-state index in [2.05, 4.69) is 35.2 Å². The van der Waals surface area contributed by atoms with Crippen LogP contribution in [-0.4, -0.2) is 68.3 Å². The molecule has 1 aliphatic rings. The van der Waals surface area contributed by atoms with Gasteiger partial charge in [0, 0.05) is 44.8 Å². The number of fused-ring (bicyclic) bond motifs is 1. The van der Waals surface area contributed by atoms with E-state index in [1.54, 1.807) is 23.4 Å². The lowest BCUT2D eigenvalue weighted by molar-refractivity contribution is -0.117. The minimum atomic E-state index is -0.0277. The molecule has 1 saturated heterocycles. The molecule has 25 heavy (non-hydrogen) atoms. The zero-order valence-electron chi connectivity index (χ0n) is 13.8. The van der Waals surface area contributed by atoms with E-state index in [4.69, 9.17) is 0 Å². The van der Waals surface area contributed by atoms with E-state index in [1.165, 1.54) is 11.3 Å². The first-order valence-corrected chi connectivity index (χ1v) is 8.88. The van der Waals surface area contributed by atoms with Crippen LogP contribution in [0.15, 0.2) is 24.1 Å². The van der Waals surface area contributed by atoms with Gasteiger partial charge in [0.05, 0.1) is 18.1 Å². The van der Waals surface area contributed by atoms with E-state index in [0.29, 0.717) is 11.7 Å². The number of nitrogens with zero attached hydrogens (tertiary/aromatic N) is 7. The highest BCUT2D eigenvalue weighted by molar-refractivity contribution is 7.13. The largest absolute Gasteiger partial charge is 0.353 e. The summed E-state index contributed by atoms with van der Waals surface area (Å²) >= 11 is 1.42. The normalized spacial score (nSPS) is 15.6. The molecule has 130 valence electrons. The molecule has 0 spiro atoms. The number of anilines is 2. The summed E-state index contributed by atoms with van der Waals surface area (Å²) in [6.07, 6.45) is 5.06. The van der Waals surface area contributed by atoms with Crippen LogP contribution >= 0.6 is 11.3 Å². The van der Waals surface area contributed by atoms with Crippen LogP contribution in [0.5, 0.6) is 0 Å². The summed E-state index contributed by atoms with van der Waals surface area (Å²) < 4.78 is 1.75. The number of hydrogen-bond donors (Lipinski definition) is 1. The summed E-state index contributed by atoms with van der Waals surface area (Å²) in [6.45, 7) is 3.60. The summed E-state index contributed by atoms with van der Waals surface area (Å²) in [4.78, 5) is 29.2. The molecule has 4 heterocycles. The van der Waals surface area contributed by atoms with Gasteiger partial charge in [0.2, 0.25) is 5.91 Å². The Kier molecular flexibility index (Phi) is 4.28. The highest BCUT2D eigenvalue weighted by Gasteiger charge is 2.22. The fourth-order valence-electron chi connectivity index (χ4n) is 2.97. The van der Waals surface area contributed by atoms with Crippen molar-refractivity contribution >= 4 is 39.2 Å². The van der Waals surface area contributed by atoms with Crippen molar-refractivity contribution in [2.24, 2.45) is 7.05 Å². The minimum Gasteiger partial charge on any atom is -0.353 e. The van der Waals surface area contributed by atoms with E-state index in [9.17, 15) is 4.79 Å². The van der Waals surface area contributed by atoms with Crippen LogP contribution in [0.2, 0.25) is 0 Å². The highest BCUT2D eigenvalue weighted by atomic mass is 32.1. The minimum absolute atomic E-state index is 0.0277. The summed E-state index contributed by atoms with van der Waals surface area (Å²) in [6, 6.07) is 0. The number of aromatic nitrogens is 5. The average molecular weight is 358 g/mol. The Labute approximate surface area is 148 Å². The van der Waals surface area contributed by atoms with Crippen LogP contribution in [0, 0.1) is 0 Å². The molecule has 1 aliphatic heterocycles. The third-order valence-electron chi connectivity index (χ3n) is 4.23. The lowest BCUT2D eigenvalue weighted by Gasteiger charge is -2.35. The van der Waals surface area contributed by atoms with Gasteiger partial charge in [-0.15, -0.1) is 11.3 Å². The molecular weight excluding hydrogens is 340 g/mol. The first-order valence-electron chi connectivity index (χ1n) is 8.00. The molecule has 0 radical (unpaired) electrons. The van der Waals surface area contributed by atoms with Crippen molar-refractivity contribution in [3.63, 3.8) is 0 Å². The van der Waals surface area contributed by atoms with Crippen LogP contribution in [-0.2, 0) is 11.8 Å². The summed E-state index contributed by atoms with van der Waals surface area (Å²) in [5.41, 5.74) is 0.829. The first-order chi connectivity index (χ1) is 12.2. The molecule has 0 atom stereocenters. The lowest BCUT2D eigenvalue weighted by atomic mass is 10.2. The highest BCUT2D eigenvalue weighted by Crippen LogP contribution is 2.23. The molecule has 1 fully saturated rings. The molecule has 0 aromatic carbocycles. The summed E-state index contributed by atoms with van der Waals surface area (Å²) in [5, 5.41) is 10.5. The molecule has 3 aromatic heterocycles. The van der Waals surface area contributed by atoms with Gasteiger partial charge in [-0.05, 0) is 0 Å². The zero-order chi connectivity index (χ0) is 17.2. The van der Waals surface area contributed by atoms with Crippen LogP contribution in [0.1, 0.15) is 0 Å². The van der Waals surface area contributed by atoms with Gasteiger partial charge in [-0.2, -0.15) is 5.10 Å². The van der Waals surface area contributed by atoms with E-state index in [1.807, 2.05) is 12.4 Å². The molecule has 10 heteroatoms. The first kappa shape index (κ1) is 15.9. The lowest BCUT2D eigenvalue weighted by Crippen LogP contribution is -2.49. The third kappa shape index (κ3) is 3.30. The maximum atomic E-state index is 12.1. The average Bonchev–Trinajstić information content (AvgIpc) is 3.26. The van der Waals surface area contributed by atoms with Gasteiger partial charge in [0.1, 0.15) is 12.1 Å². The summed E-state index contributed by atoms with van der Waals surface area (Å²) in [5.74, 6) is 0.880. The Morgan fingerprint density at radius 2 is 2.08 bits per heavy atom. The number of aryl methyl sites for hydroxylation is 1. The van der Waals surface area contributed by atoms with Gasteiger partial charge in [0.15, 0.2) is 10.8 Å². The fourth-order valence-corrected chi connectivity index (χ4v) is 3.51. The van der Waals surface area contributed by atoms with Crippen molar-refractivity contribution in [2.45, 2.75) is 0 Å². The molecule has 3 aromatic rings. The molecule has 0 unspecified atom stereocenters.